The molecule has 1 fully saturated rings. The maximum atomic E-state index is 12.2. The molecule has 0 aromatic heterocycles. The molecule has 4 heteroatoms. The summed E-state index contributed by atoms with van der Waals surface area (Å²) < 4.78 is 10.7. The van der Waals surface area contributed by atoms with Gasteiger partial charge in [-0.2, -0.15) is 0 Å². The molecular formula is C15H21NO3. The molecule has 0 spiro atoms. The van der Waals surface area contributed by atoms with E-state index in [0.717, 1.165) is 19.3 Å². The van der Waals surface area contributed by atoms with Crippen LogP contribution in [0, 0.1) is 5.92 Å². The molecule has 104 valence electrons. The number of ether oxygens (including phenoxy) is 2. The number of carbonyl (C=O) groups is 1. The van der Waals surface area contributed by atoms with Gasteiger partial charge in [0, 0.05) is 5.69 Å². The fourth-order valence-corrected chi connectivity index (χ4v) is 2.54. The zero-order chi connectivity index (χ0) is 13.8. The third-order valence-corrected chi connectivity index (χ3v) is 3.64. The topological polar surface area (TPSA) is 61.5 Å². The summed E-state index contributed by atoms with van der Waals surface area (Å²) in [6.45, 7) is 2.19. The van der Waals surface area contributed by atoms with Crippen molar-refractivity contribution in [2.24, 2.45) is 5.92 Å². The molecule has 4 nitrogen and oxygen atoms in total. The number of hydrogen-bond acceptors (Lipinski definition) is 4. The largest absolute Gasteiger partial charge is 0.497 e. The van der Waals surface area contributed by atoms with Crippen molar-refractivity contribution in [2.75, 3.05) is 12.8 Å². The van der Waals surface area contributed by atoms with Crippen LogP contribution in [0.25, 0.3) is 0 Å². The molecule has 1 aliphatic carbocycles. The number of esters is 1. The van der Waals surface area contributed by atoms with Crippen molar-refractivity contribution < 1.29 is 14.3 Å². The number of nitrogen functional groups attached to an aromatic ring is 1. The van der Waals surface area contributed by atoms with Crippen molar-refractivity contribution in [1.29, 1.82) is 0 Å². The first kappa shape index (κ1) is 13.7. The van der Waals surface area contributed by atoms with Crippen LogP contribution in [0.2, 0.25) is 0 Å². The number of rotatable bonds is 3. The lowest BCUT2D eigenvalue weighted by Crippen LogP contribution is -2.25. The van der Waals surface area contributed by atoms with Gasteiger partial charge in [0.15, 0.2) is 0 Å². The van der Waals surface area contributed by atoms with E-state index in [-0.39, 0.29) is 12.1 Å². The van der Waals surface area contributed by atoms with E-state index in [9.17, 15) is 4.79 Å². The van der Waals surface area contributed by atoms with E-state index >= 15 is 0 Å². The summed E-state index contributed by atoms with van der Waals surface area (Å²) in [4.78, 5) is 12.2. The SMILES string of the molecule is COc1ccc(N)c(C(=O)OC2CCCC(C)C2)c1. The standard InChI is InChI=1S/C15H21NO3/c1-10-4-3-5-12(8-10)19-15(17)13-9-11(18-2)6-7-14(13)16/h6-7,9-10,12H,3-5,8,16H2,1-2H3. The lowest BCUT2D eigenvalue weighted by Gasteiger charge is -2.26. The third-order valence-electron chi connectivity index (χ3n) is 3.64. The van der Waals surface area contributed by atoms with E-state index in [1.54, 1.807) is 25.3 Å². The molecule has 1 aromatic carbocycles. The fourth-order valence-electron chi connectivity index (χ4n) is 2.54. The summed E-state index contributed by atoms with van der Waals surface area (Å²) in [6, 6.07) is 5.03. The number of hydrogen-bond donors (Lipinski definition) is 1. The summed E-state index contributed by atoms with van der Waals surface area (Å²) in [5.41, 5.74) is 6.63. The van der Waals surface area contributed by atoms with Crippen molar-refractivity contribution in [2.45, 2.75) is 38.7 Å². The quantitative estimate of drug-likeness (QED) is 0.672. The monoisotopic (exact) mass is 263 g/mol. The predicted octanol–water partition coefficient (Wildman–Crippen LogP) is 3.01. The number of benzene rings is 1. The van der Waals surface area contributed by atoms with E-state index in [1.807, 2.05) is 0 Å². The number of anilines is 1. The van der Waals surface area contributed by atoms with Crippen molar-refractivity contribution >= 4 is 11.7 Å². The lowest BCUT2D eigenvalue weighted by atomic mass is 9.89. The second-order valence-corrected chi connectivity index (χ2v) is 5.25. The minimum Gasteiger partial charge on any atom is -0.497 e. The Balaban J connectivity index is 2.06. The van der Waals surface area contributed by atoms with Gasteiger partial charge < -0.3 is 15.2 Å². The summed E-state index contributed by atoms with van der Waals surface area (Å²) in [5.74, 6) is 0.878. The molecular weight excluding hydrogens is 242 g/mol. The third kappa shape index (κ3) is 3.40. The molecule has 0 bridgehead atoms. The van der Waals surface area contributed by atoms with Gasteiger partial charge in [-0.1, -0.05) is 13.3 Å². The molecule has 1 aromatic rings. The number of carbonyl (C=O) groups excluding carboxylic acids is 1. The molecule has 1 aliphatic rings. The van der Waals surface area contributed by atoms with E-state index in [0.29, 0.717) is 22.9 Å². The smallest absolute Gasteiger partial charge is 0.340 e. The summed E-state index contributed by atoms with van der Waals surface area (Å²) >= 11 is 0. The van der Waals surface area contributed by atoms with Crippen LogP contribution in [0.1, 0.15) is 43.0 Å². The average molecular weight is 263 g/mol. The first-order valence-corrected chi connectivity index (χ1v) is 6.74. The van der Waals surface area contributed by atoms with Gasteiger partial charge in [-0.05, 0) is 43.4 Å². The van der Waals surface area contributed by atoms with Gasteiger partial charge in [-0.3, -0.25) is 0 Å². The molecule has 0 aliphatic heterocycles. The second-order valence-electron chi connectivity index (χ2n) is 5.25. The van der Waals surface area contributed by atoms with Gasteiger partial charge >= 0.3 is 5.97 Å². The van der Waals surface area contributed by atoms with Crippen molar-refractivity contribution in [3.8, 4) is 5.75 Å². The highest BCUT2D eigenvalue weighted by Crippen LogP contribution is 2.27. The second kappa shape index (κ2) is 5.95. The van der Waals surface area contributed by atoms with Gasteiger partial charge in [0.1, 0.15) is 11.9 Å². The van der Waals surface area contributed by atoms with Gasteiger partial charge in [-0.25, -0.2) is 4.79 Å². The van der Waals surface area contributed by atoms with Crippen LogP contribution in [0.3, 0.4) is 0 Å². The van der Waals surface area contributed by atoms with E-state index in [1.165, 1.54) is 6.42 Å². The predicted molar refractivity (Wildman–Crippen MR) is 74.2 cm³/mol. The Morgan fingerprint density at radius 2 is 2.16 bits per heavy atom. The Bertz CT molecular complexity index is 459. The van der Waals surface area contributed by atoms with Crippen LogP contribution in [-0.4, -0.2) is 19.2 Å². The highest BCUT2D eigenvalue weighted by molar-refractivity contribution is 5.95. The minimum absolute atomic E-state index is 0.0156. The van der Waals surface area contributed by atoms with Gasteiger partial charge in [-0.15, -0.1) is 0 Å². The Hall–Kier alpha value is -1.71. The maximum absolute atomic E-state index is 12.2. The highest BCUT2D eigenvalue weighted by Gasteiger charge is 2.23. The van der Waals surface area contributed by atoms with E-state index in [2.05, 4.69) is 6.92 Å². The maximum Gasteiger partial charge on any atom is 0.340 e. The number of nitrogens with two attached hydrogens (primary N) is 1. The molecule has 19 heavy (non-hydrogen) atoms. The van der Waals surface area contributed by atoms with E-state index in [4.69, 9.17) is 15.2 Å². The summed E-state index contributed by atoms with van der Waals surface area (Å²) in [6.07, 6.45) is 4.24. The molecule has 2 atom stereocenters. The lowest BCUT2D eigenvalue weighted by molar-refractivity contribution is 0.0156. The first-order chi connectivity index (χ1) is 9.10. The van der Waals surface area contributed by atoms with Crippen LogP contribution in [-0.2, 0) is 4.74 Å². The summed E-state index contributed by atoms with van der Waals surface area (Å²) in [7, 11) is 1.56. The normalized spacial score (nSPS) is 22.8. The van der Waals surface area contributed by atoms with Crippen molar-refractivity contribution in [1.82, 2.24) is 0 Å². The molecule has 0 saturated heterocycles. The molecule has 2 unspecified atom stereocenters. The van der Waals surface area contributed by atoms with Crippen LogP contribution in [0.15, 0.2) is 18.2 Å². The Morgan fingerprint density at radius 3 is 2.84 bits per heavy atom. The summed E-state index contributed by atoms with van der Waals surface area (Å²) in [5, 5.41) is 0. The van der Waals surface area contributed by atoms with Crippen LogP contribution in [0.4, 0.5) is 5.69 Å². The Labute approximate surface area is 113 Å². The van der Waals surface area contributed by atoms with Crippen LogP contribution >= 0.6 is 0 Å². The van der Waals surface area contributed by atoms with Gasteiger partial charge in [0.05, 0.1) is 12.7 Å². The van der Waals surface area contributed by atoms with Crippen LogP contribution < -0.4 is 10.5 Å². The van der Waals surface area contributed by atoms with Crippen LogP contribution in [0.5, 0.6) is 5.75 Å². The molecule has 0 amide bonds. The Kier molecular flexibility index (Phi) is 4.30. The molecule has 0 heterocycles. The molecule has 1 saturated carbocycles. The molecule has 2 rings (SSSR count). The average Bonchev–Trinajstić information content (AvgIpc) is 2.39. The van der Waals surface area contributed by atoms with Crippen molar-refractivity contribution in [3.05, 3.63) is 23.8 Å². The molecule has 2 N–H and O–H groups in total. The molecule has 0 radical (unpaired) electrons. The fraction of sp³-hybridized carbons (Fsp3) is 0.533. The van der Waals surface area contributed by atoms with Gasteiger partial charge in [0.25, 0.3) is 0 Å². The van der Waals surface area contributed by atoms with Crippen molar-refractivity contribution in [3.63, 3.8) is 0 Å². The highest BCUT2D eigenvalue weighted by atomic mass is 16.5. The van der Waals surface area contributed by atoms with Gasteiger partial charge in [0.2, 0.25) is 0 Å². The zero-order valence-corrected chi connectivity index (χ0v) is 11.5. The van der Waals surface area contributed by atoms with E-state index < -0.39 is 0 Å². The first-order valence-electron chi connectivity index (χ1n) is 6.74. The Morgan fingerprint density at radius 1 is 1.37 bits per heavy atom. The number of methoxy groups -OCH3 is 1. The minimum atomic E-state index is -0.351. The zero-order valence-electron chi connectivity index (χ0n) is 11.5.